The third-order valence-corrected chi connectivity index (χ3v) is 18.2. The van der Waals surface area contributed by atoms with E-state index in [4.69, 9.17) is 33.2 Å². The van der Waals surface area contributed by atoms with Gasteiger partial charge >= 0.3 is 11.9 Å². The summed E-state index contributed by atoms with van der Waals surface area (Å²) in [6.07, 6.45) is -7.81. The second kappa shape index (κ2) is 15.3. The summed E-state index contributed by atoms with van der Waals surface area (Å²) in [5, 5.41) is 77.6. The van der Waals surface area contributed by atoms with E-state index >= 15 is 0 Å². The molecule has 2 spiro atoms. The normalized spacial score (nSPS) is 53.8. The number of aliphatic hydroxyl groups excluding tert-OH is 6. The summed E-state index contributed by atoms with van der Waals surface area (Å²) in [5.74, 6) is -1.62. The van der Waals surface area contributed by atoms with Crippen LogP contribution in [-0.2, 0) is 42.7 Å². The average Bonchev–Trinajstić information content (AvgIpc) is 3.52. The number of esters is 2. The first kappa shape index (κ1) is 46.0. The van der Waals surface area contributed by atoms with Crippen LogP contribution >= 0.6 is 0 Å². The van der Waals surface area contributed by atoms with Gasteiger partial charge in [0.1, 0.15) is 30.5 Å². The second-order valence-corrected chi connectivity index (χ2v) is 22.2. The number of rotatable bonds is 9. The number of hydrogen-bond acceptors (Lipinski definition) is 16. The summed E-state index contributed by atoms with van der Waals surface area (Å²) in [6.45, 7) is 16.2. The van der Waals surface area contributed by atoms with E-state index < -0.39 is 109 Å². The lowest BCUT2D eigenvalue weighted by Gasteiger charge is -2.65. The van der Waals surface area contributed by atoms with Gasteiger partial charge in [-0.15, -0.1) is 0 Å². The molecule has 348 valence electrons. The number of aliphatic hydroxyl groups is 7. The minimum Gasteiger partial charge on any atom is -0.457 e. The molecule has 8 fully saturated rings. The summed E-state index contributed by atoms with van der Waals surface area (Å²) in [7, 11) is 0. The van der Waals surface area contributed by atoms with Gasteiger partial charge in [0.25, 0.3) is 0 Å². The van der Waals surface area contributed by atoms with Gasteiger partial charge in [-0.05, 0) is 117 Å². The summed E-state index contributed by atoms with van der Waals surface area (Å²) < 4.78 is 43.4. The molecule has 8 rings (SSSR count). The topological polar surface area (TPSA) is 240 Å². The summed E-state index contributed by atoms with van der Waals surface area (Å²) in [6, 6.07) is 0. The Kier molecular flexibility index (Phi) is 11.5. The zero-order valence-corrected chi connectivity index (χ0v) is 37.3. The predicted octanol–water partition coefficient (Wildman–Crippen LogP) is 1.87. The first-order valence-corrected chi connectivity index (χ1v) is 22.6. The Labute approximate surface area is 358 Å². The maximum atomic E-state index is 12.3. The largest absolute Gasteiger partial charge is 0.457 e. The van der Waals surface area contributed by atoms with Crippen molar-refractivity contribution in [1.82, 2.24) is 0 Å². The van der Waals surface area contributed by atoms with Crippen LogP contribution < -0.4 is 0 Å². The van der Waals surface area contributed by atoms with E-state index in [2.05, 4.69) is 34.6 Å². The fourth-order valence-corrected chi connectivity index (χ4v) is 15.5. The van der Waals surface area contributed by atoms with Crippen LogP contribution in [0.4, 0.5) is 0 Å². The first-order chi connectivity index (χ1) is 28.3. The quantitative estimate of drug-likeness (QED) is 0.129. The van der Waals surface area contributed by atoms with Crippen molar-refractivity contribution >= 4 is 11.9 Å². The fraction of sp³-hybridized carbons (Fsp3) is 0.956. The van der Waals surface area contributed by atoms with Crippen molar-refractivity contribution in [2.24, 2.45) is 44.8 Å². The van der Waals surface area contributed by atoms with E-state index in [9.17, 15) is 45.3 Å². The van der Waals surface area contributed by atoms with Crippen LogP contribution in [0.5, 0.6) is 0 Å². The first-order valence-electron chi connectivity index (χ1n) is 22.6. The number of fused-ring (bicyclic) bond motifs is 2. The van der Waals surface area contributed by atoms with E-state index in [0.29, 0.717) is 25.7 Å². The monoisotopic (exact) mass is 868 g/mol. The van der Waals surface area contributed by atoms with Gasteiger partial charge in [-0.25, -0.2) is 0 Å². The lowest BCUT2D eigenvalue weighted by atomic mass is 9.41. The molecule has 5 aliphatic carbocycles. The van der Waals surface area contributed by atoms with E-state index in [1.807, 2.05) is 0 Å². The lowest BCUT2D eigenvalue weighted by molar-refractivity contribution is -0.339. The van der Waals surface area contributed by atoms with Crippen molar-refractivity contribution in [3.63, 3.8) is 0 Å². The highest BCUT2D eigenvalue weighted by molar-refractivity contribution is 5.67. The SMILES string of the molecule is CC(=O)O[C@@H]1[C@@H](OC2CC[C@@]34CC35CC[C@@]3(C)[C@H]([C@]6(C)CC[C@H](C(C)(C)O)O6)[C@@H](O)C[C@]3(C)C5C[C@H](O[C@H]3O[C@@H](CO)[C@H](O)[C@@H](O)[C@@H]3O)C4C2(C)C)OC[C@H](OC(C)=O)[C@H]1O. The van der Waals surface area contributed by atoms with Crippen LogP contribution in [0.25, 0.3) is 0 Å². The van der Waals surface area contributed by atoms with E-state index in [1.165, 1.54) is 13.8 Å². The molecule has 7 N–H and O–H groups in total. The maximum absolute atomic E-state index is 12.3. The molecular weight excluding hydrogens is 796 g/mol. The Balaban J connectivity index is 1.14. The molecule has 3 heterocycles. The molecule has 0 amide bonds. The van der Waals surface area contributed by atoms with Crippen molar-refractivity contribution in [3.05, 3.63) is 0 Å². The van der Waals surface area contributed by atoms with Crippen molar-refractivity contribution in [1.29, 1.82) is 0 Å². The molecule has 4 unspecified atom stereocenters. The minimum absolute atomic E-state index is 0.0660. The summed E-state index contributed by atoms with van der Waals surface area (Å²) in [5.41, 5.74) is -3.44. The van der Waals surface area contributed by atoms with E-state index in [-0.39, 0.29) is 52.1 Å². The number of carbonyl (C=O) groups is 2. The number of hydrogen-bond donors (Lipinski definition) is 7. The Hall–Kier alpha value is -1.54. The fourth-order valence-electron chi connectivity index (χ4n) is 15.5. The Bertz CT molecular complexity index is 1680. The standard InChI is InChI=1S/C45H72O16/c1-21(47)56-26-19-55-38(34(31(26)51)57-22(2)48)60-28-11-13-45-20-44(45)15-14-41(7)35(43(9)12-10-29(61-43)40(5,6)54)23(49)17-42(41,8)27(44)16-24(36(45)39(28,3)4)58-37-33(53)32(52)30(50)25(18-46)59-37/h23-38,46,49-54H,10-20H2,1-9H3/t23-,24-,25-,26-,27?,28?,29+,30-,31+,32+,33-,34-,35+,36?,37-,38+,41-,42+,43-,44?,45-/m0/s1. The zero-order chi connectivity index (χ0) is 44.6. The highest BCUT2D eigenvalue weighted by Crippen LogP contribution is 2.89. The van der Waals surface area contributed by atoms with Crippen molar-refractivity contribution in [2.45, 2.75) is 211 Å². The Morgan fingerprint density at radius 3 is 2.07 bits per heavy atom. The van der Waals surface area contributed by atoms with Gasteiger partial charge in [0.05, 0.1) is 48.8 Å². The zero-order valence-electron chi connectivity index (χ0n) is 37.3. The van der Waals surface area contributed by atoms with Crippen LogP contribution in [0, 0.1) is 44.8 Å². The molecule has 0 aromatic heterocycles. The third-order valence-electron chi connectivity index (χ3n) is 18.2. The molecule has 8 aliphatic rings. The molecule has 0 aromatic rings. The van der Waals surface area contributed by atoms with Gasteiger partial charge in [-0.1, -0.05) is 27.7 Å². The molecule has 0 bridgehead atoms. The predicted molar refractivity (Wildman–Crippen MR) is 213 cm³/mol. The van der Waals surface area contributed by atoms with Crippen LogP contribution in [0.2, 0.25) is 0 Å². The number of ether oxygens (including phenoxy) is 7. The van der Waals surface area contributed by atoms with Crippen LogP contribution in [0.1, 0.15) is 120 Å². The highest BCUT2D eigenvalue weighted by atomic mass is 16.7. The molecule has 21 atom stereocenters. The molecule has 0 aromatic carbocycles. The van der Waals surface area contributed by atoms with Gasteiger partial charge in [0.2, 0.25) is 0 Å². The number of carbonyl (C=O) groups excluding carboxylic acids is 2. The molecule has 3 aliphatic heterocycles. The molecule has 16 heteroatoms. The summed E-state index contributed by atoms with van der Waals surface area (Å²) >= 11 is 0. The van der Waals surface area contributed by atoms with Crippen molar-refractivity contribution in [3.8, 4) is 0 Å². The van der Waals surface area contributed by atoms with Crippen LogP contribution in [0.15, 0.2) is 0 Å². The van der Waals surface area contributed by atoms with Crippen LogP contribution in [-0.4, -0.2) is 152 Å². The van der Waals surface area contributed by atoms with E-state index in [0.717, 1.165) is 32.1 Å². The minimum atomic E-state index is -1.63. The van der Waals surface area contributed by atoms with Gasteiger partial charge in [0, 0.05) is 19.8 Å². The Morgan fingerprint density at radius 2 is 1.44 bits per heavy atom. The second-order valence-electron chi connectivity index (χ2n) is 22.2. The lowest BCUT2D eigenvalue weighted by Crippen LogP contribution is -2.65. The van der Waals surface area contributed by atoms with Crippen molar-refractivity contribution in [2.75, 3.05) is 13.2 Å². The van der Waals surface area contributed by atoms with E-state index in [1.54, 1.807) is 13.8 Å². The maximum Gasteiger partial charge on any atom is 0.303 e. The Morgan fingerprint density at radius 1 is 0.754 bits per heavy atom. The average molecular weight is 869 g/mol. The smallest absolute Gasteiger partial charge is 0.303 e. The third kappa shape index (κ3) is 6.89. The van der Waals surface area contributed by atoms with Gasteiger partial charge in [-0.2, -0.15) is 0 Å². The molecule has 0 radical (unpaired) electrons. The van der Waals surface area contributed by atoms with Gasteiger partial charge in [-0.3, -0.25) is 9.59 Å². The van der Waals surface area contributed by atoms with Gasteiger partial charge in [0.15, 0.2) is 24.8 Å². The molecule has 5 saturated carbocycles. The molecule has 3 saturated heterocycles. The molecule has 61 heavy (non-hydrogen) atoms. The molecule has 16 nitrogen and oxygen atoms in total. The summed E-state index contributed by atoms with van der Waals surface area (Å²) in [4.78, 5) is 24.1. The highest BCUT2D eigenvalue weighted by Gasteiger charge is 2.85. The molecular formula is C45H72O16. The van der Waals surface area contributed by atoms with Crippen LogP contribution in [0.3, 0.4) is 0 Å². The van der Waals surface area contributed by atoms with Gasteiger partial charge < -0.3 is 68.9 Å². The van der Waals surface area contributed by atoms with Crippen molar-refractivity contribution < 1.29 is 78.5 Å².